The van der Waals surface area contributed by atoms with Gasteiger partial charge in [0.1, 0.15) is 22.6 Å². The number of aromatic nitrogens is 3. The van der Waals surface area contributed by atoms with E-state index in [1.807, 2.05) is 85.7 Å². The van der Waals surface area contributed by atoms with Gasteiger partial charge in [-0.3, -0.25) is 0 Å². The maximum atomic E-state index is 14.1. The number of carbonyl (C=O) groups excluding carboxylic acids is 2. The van der Waals surface area contributed by atoms with Crippen molar-refractivity contribution in [3.05, 3.63) is 35.2 Å². The third-order valence-corrected chi connectivity index (χ3v) is 14.9. The monoisotopic (exact) mass is 711 g/mol. The van der Waals surface area contributed by atoms with Gasteiger partial charge in [-0.2, -0.15) is 9.78 Å². The average molecular weight is 712 g/mol. The van der Waals surface area contributed by atoms with Crippen LogP contribution in [0.5, 0.6) is 5.75 Å². The number of ether oxygens (including phenoxy) is 2. The van der Waals surface area contributed by atoms with Gasteiger partial charge in [0.15, 0.2) is 0 Å². The molecule has 0 amide bonds. The second kappa shape index (κ2) is 12.4. The highest BCUT2D eigenvalue weighted by atomic mass is 32.1. The summed E-state index contributed by atoms with van der Waals surface area (Å²) in [5.74, 6) is 0.685. The lowest BCUT2D eigenvalue weighted by molar-refractivity contribution is 0.0520. The van der Waals surface area contributed by atoms with Gasteiger partial charge in [-0.25, -0.2) is 14.2 Å². The van der Waals surface area contributed by atoms with Crippen LogP contribution in [0.2, 0.25) is 23.2 Å². The lowest BCUT2D eigenvalue weighted by Crippen LogP contribution is -2.43. The van der Waals surface area contributed by atoms with Crippen molar-refractivity contribution in [2.24, 2.45) is 0 Å². The van der Waals surface area contributed by atoms with Crippen LogP contribution >= 0.6 is 11.3 Å². The van der Waals surface area contributed by atoms with Crippen LogP contribution in [-0.2, 0) is 19.5 Å². The van der Waals surface area contributed by atoms with Crippen LogP contribution in [0.1, 0.15) is 102 Å². The Morgan fingerprint density at radius 1 is 0.792 bits per heavy atom. The molecule has 0 aliphatic carbocycles. The molecule has 0 bridgehead atoms. The molecule has 3 heterocycles. The number of benzene rings is 1. The van der Waals surface area contributed by atoms with Gasteiger partial charge in [-0.1, -0.05) is 41.5 Å². The number of carbonyl (C=O) groups is 2. The standard InChI is InChI=1S/C36H53N3O6SSi2/c1-32(2,3)42-30(40)38-24-20-23(44-48(15,16)35(10,11)12)18-17-22(24)19-25(38)28-29-26(39(37-28)31(41)43-33(4,5)6)21-27(46-29)36(13,14)45-47-34(7,8)9/h17-21H,1-16H3. The summed E-state index contributed by atoms with van der Waals surface area (Å²) in [6.45, 7) is 32.4. The van der Waals surface area contributed by atoms with Gasteiger partial charge < -0.3 is 18.3 Å². The molecule has 0 atom stereocenters. The first-order valence-corrected chi connectivity index (χ1v) is 21.0. The van der Waals surface area contributed by atoms with E-state index in [-0.39, 0.29) is 19.8 Å². The first kappa shape index (κ1) is 37.9. The minimum atomic E-state index is -2.17. The fourth-order valence-corrected chi connectivity index (χ4v) is 7.46. The van der Waals surface area contributed by atoms with E-state index in [1.165, 1.54) is 16.0 Å². The Bertz CT molecular complexity index is 1840. The number of rotatable bonds is 6. The number of nitrogens with zero attached hydrogens (tertiary/aromatic N) is 3. The van der Waals surface area contributed by atoms with Gasteiger partial charge in [-0.15, -0.1) is 11.3 Å². The number of thiophene rings is 1. The zero-order chi connectivity index (χ0) is 36.4. The largest absolute Gasteiger partial charge is 0.543 e. The third-order valence-electron chi connectivity index (χ3n) is 7.90. The van der Waals surface area contributed by atoms with Crippen LogP contribution in [0.25, 0.3) is 32.5 Å². The Kier molecular flexibility index (Phi) is 9.81. The van der Waals surface area contributed by atoms with Crippen LogP contribution < -0.4 is 4.43 Å². The quantitative estimate of drug-likeness (QED) is 0.184. The topological polar surface area (TPSA) is 93.8 Å². The van der Waals surface area contributed by atoms with E-state index in [2.05, 4.69) is 54.6 Å². The average Bonchev–Trinajstić information content (AvgIpc) is 3.56. The summed E-state index contributed by atoms with van der Waals surface area (Å²) in [5, 5.41) is 5.61. The predicted molar refractivity (Wildman–Crippen MR) is 199 cm³/mol. The van der Waals surface area contributed by atoms with Crippen LogP contribution in [0.3, 0.4) is 0 Å². The molecule has 9 nitrogen and oxygen atoms in total. The van der Waals surface area contributed by atoms with Crippen LogP contribution in [0, 0.1) is 0 Å². The molecule has 262 valence electrons. The van der Waals surface area contributed by atoms with Gasteiger partial charge in [-0.05, 0) is 103 Å². The summed E-state index contributed by atoms with van der Waals surface area (Å²) in [6, 6.07) is 9.65. The second-order valence-electron chi connectivity index (χ2n) is 17.5. The highest BCUT2D eigenvalue weighted by Crippen LogP contribution is 2.43. The molecule has 1 aromatic carbocycles. The van der Waals surface area contributed by atoms with Crippen molar-refractivity contribution in [3.8, 4) is 17.1 Å². The molecule has 4 rings (SSSR count). The smallest absolute Gasteiger partial charge is 0.435 e. The fourth-order valence-electron chi connectivity index (χ4n) is 4.52. The molecule has 48 heavy (non-hydrogen) atoms. The number of fused-ring (bicyclic) bond motifs is 2. The summed E-state index contributed by atoms with van der Waals surface area (Å²) < 4.78 is 28.4. The Morgan fingerprint density at radius 3 is 1.92 bits per heavy atom. The minimum absolute atomic E-state index is 0.00602. The van der Waals surface area contributed by atoms with Crippen molar-refractivity contribution >= 4 is 62.7 Å². The van der Waals surface area contributed by atoms with Gasteiger partial charge in [0.2, 0.25) is 18.1 Å². The van der Waals surface area contributed by atoms with Crippen molar-refractivity contribution in [2.75, 3.05) is 0 Å². The lowest BCUT2D eigenvalue weighted by atomic mass is 10.1. The Labute approximate surface area is 293 Å². The summed E-state index contributed by atoms with van der Waals surface area (Å²) in [6.07, 6.45) is -1.16. The van der Waals surface area contributed by atoms with Crippen LogP contribution in [0.15, 0.2) is 30.3 Å². The number of hydrogen-bond donors (Lipinski definition) is 0. The highest BCUT2D eigenvalue weighted by Gasteiger charge is 2.39. The predicted octanol–water partition coefficient (Wildman–Crippen LogP) is 10.8. The third kappa shape index (κ3) is 8.43. The van der Waals surface area contributed by atoms with E-state index in [1.54, 1.807) is 4.57 Å². The van der Waals surface area contributed by atoms with E-state index in [4.69, 9.17) is 23.4 Å². The van der Waals surface area contributed by atoms with E-state index < -0.39 is 37.3 Å². The molecule has 0 aliphatic heterocycles. The lowest BCUT2D eigenvalue weighted by Gasteiger charge is -2.36. The molecule has 2 radical (unpaired) electrons. The van der Waals surface area contributed by atoms with Gasteiger partial charge >= 0.3 is 12.2 Å². The van der Waals surface area contributed by atoms with Crippen molar-refractivity contribution in [3.63, 3.8) is 0 Å². The van der Waals surface area contributed by atoms with Crippen molar-refractivity contribution < 1.29 is 27.9 Å². The molecule has 0 fully saturated rings. The van der Waals surface area contributed by atoms with Gasteiger partial charge in [0.05, 0.1) is 27.0 Å². The highest BCUT2D eigenvalue weighted by molar-refractivity contribution is 7.19. The fraction of sp³-hybridized carbons (Fsp3) is 0.583. The van der Waals surface area contributed by atoms with Crippen LogP contribution in [0.4, 0.5) is 9.59 Å². The SMILES string of the molecule is CC(C)(C)OC(=O)n1nc(-c2cc3ccc(O[Si](C)(C)C(C)(C)C)cc3n2C(=O)OC(C)(C)C)c2sc(C(C)(C)O[Si]C(C)(C)C)cc21. The Balaban J connectivity index is 1.99. The zero-order valence-corrected chi connectivity index (χ0v) is 34.4. The first-order valence-electron chi connectivity index (χ1n) is 16.4. The normalized spacial score (nSPS) is 13.8. The molecule has 0 unspecified atom stereocenters. The van der Waals surface area contributed by atoms with E-state index >= 15 is 0 Å². The minimum Gasteiger partial charge on any atom is -0.543 e. The summed E-state index contributed by atoms with van der Waals surface area (Å²) in [4.78, 5) is 28.6. The van der Waals surface area contributed by atoms with Crippen molar-refractivity contribution in [2.45, 2.75) is 137 Å². The Hall–Kier alpha value is -2.94. The van der Waals surface area contributed by atoms with E-state index in [0.29, 0.717) is 28.2 Å². The molecule has 0 aliphatic rings. The number of hydrogen-bond acceptors (Lipinski definition) is 8. The first-order chi connectivity index (χ1) is 21.6. The molecule has 12 heteroatoms. The van der Waals surface area contributed by atoms with Crippen molar-refractivity contribution in [1.29, 1.82) is 0 Å². The molecule has 4 aromatic rings. The van der Waals surface area contributed by atoms with Crippen molar-refractivity contribution in [1.82, 2.24) is 14.3 Å². The van der Waals surface area contributed by atoms with Gasteiger partial charge in [0, 0.05) is 16.3 Å². The molecule has 0 spiro atoms. The summed E-state index contributed by atoms with van der Waals surface area (Å²) in [7, 11) is -1.91. The maximum Gasteiger partial charge on any atom is 0.435 e. The van der Waals surface area contributed by atoms with Gasteiger partial charge in [0.25, 0.3) is 0 Å². The molecule has 3 aromatic heterocycles. The summed E-state index contributed by atoms with van der Waals surface area (Å²) >= 11 is 1.49. The molecule has 0 saturated carbocycles. The molecular weight excluding hydrogens is 659 g/mol. The second-order valence-corrected chi connectivity index (χ2v) is 25.1. The summed E-state index contributed by atoms with van der Waals surface area (Å²) in [5.41, 5.74) is 0.0436. The maximum absolute atomic E-state index is 14.1. The van der Waals surface area contributed by atoms with Crippen LogP contribution in [-0.4, -0.2) is 55.8 Å². The zero-order valence-electron chi connectivity index (χ0n) is 31.6. The molecule has 0 N–H and O–H groups in total. The van der Waals surface area contributed by atoms with E-state index in [9.17, 15) is 9.59 Å². The van der Waals surface area contributed by atoms with E-state index in [0.717, 1.165) is 15.0 Å². The molecule has 0 saturated heterocycles. The Morgan fingerprint density at radius 2 is 1.38 bits per heavy atom. The molecular formula is C36H53N3O6SSi2.